The van der Waals surface area contributed by atoms with Crippen molar-refractivity contribution in [2.24, 2.45) is 0 Å². The van der Waals surface area contributed by atoms with Crippen molar-refractivity contribution < 1.29 is 9.47 Å². The van der Waals surface area contributed by atoms with E-state index < -0.39 is 0 Å². The Kier molecular flexibility index (Phi) is 2.98. The molecular weight excluding hydrogens is 290 g/mol. The molecule has 0 atom stereocenters. The fourth-order valence-electron chi connectivity index (χ4n) is 3.10. The van der Waals surface area contributed by atoms with Gasteiger partial charge in [0.25, 0.3) is 5.56 Å². The summed E-state index contributed by atoms with van der Waals surface area (Å²) in [5.41, 5.74) is 0.706. The highest BCUT2D eigenvalue weighted by Gasteiger charge is 2.12. The first-order valence-electron chi connectivity index (χ1n) is 7.32. The molecule has 23 heavy (non-hydrogen) atoms. The summed E-state index contributed by atoms with van der Waals surface area (Å²) in [6, 6.07) is 15.7. The molecule has 4 rings (SSSR count). The van der Waals surface area contributed by atoms with E-state index in [4.69, 9.17) is 9.47 Å². The lowest BCUT2D eigenvalue weighted by Crippen LogP contribution is -2.07. The first-order valence-corrected chi connectivity index (χ1v) is 7.32. The van der Waals surface area contributed by atoms with Crippen LogP contribution in [0.25, 0.3) is 32.4 Å². The van der Waals surface area contributed by atoms with Crippen LogP contribution in [0.1, 0.15) is 0 Å². The lowest BCUT2D eigenvalue weighted by molar-refractivity contribution is 0.356. The molecule has 0 aliphatic carbocycles. The van der Waals surface area contributed by atoms with E-state index in [9.17, 15) is 4.79 Å². The summed E-state index contributed by atoms with van der Waals surface area (Å²) in [4.78, 5) is 15.6. The Labute approximate surface area is 132 Å². The maximum Gasteiger partial charge on any atom is 0.256 e. The number of aromatic amines is 1. The first-order chi connectivity index (χ1) is 11.2. The number of rotatable bonds is 2. The van der Waals surface area contributed by atoms with Gasteiger partial charge in [-0.1, -0.05) is 36.4 Å². The Morgan fingerprint density at radius 1 is 0.783 bits per heavy atom. The Morgan fingerprint density at radius 2 is 1.48 bits per heavy atom. The number of hydrogen-bond acceptors (Lipinski definition) is 3. The van der Waals surface area contributed by atoms with E-state index in [1.165, 1.54) is 0 Å². The fraction of sp³-hybridized carbons (Fsp3) is 0.105. The highest BCUT2D eigenvalue weighted by Crippen LogP contribution is 2.35. The van der Waals surface area contributed by atoms with Crippen molar-refractivity contribution in [3.63, 3.8) is 0 Å². The van der Waals surface area contributed by atoms with E-state index in [0.29, 0.717) is 16.9 Å². The van der Waals surface area contributed by atoms with Gasteiger partial charge in [-0.25, -0.2) is 0 Å². The number of aromatic nitrogens is 1. The molecule has 0 bridgehead atoms. The molecule has 3 aromatic carbocycles. The molecule has 0 spiro atoms. The predicted octanol–water partition coefficient (Wildman–Crippen LogP) is 3.85. The molecule has 1 aromatic heterocycles. The monoisotopic (exact) mass is 305 g/mol. The minimum absolute atomic E-state index is 0.134. The van der Waals surface area contributed by atoms with Gasteiger partial charge >= 0.3 is 0 Å². The third-order valence-corrected chi connectivity index (χ3v) is 4.23. The summed E-state index contributed by atoms with van der Waals surface area (Å²) in [6.45, 7) is 0. The number of fused-ring (bicyclic) bond motifs is 5. The standard InChI is InChI=1S/C19H15NO3/c1-22-16-9-14-13-8-7-11-5-3-4-6-12(11)18(13)20-19(21)15(14)10-17(16)23-2/h3-10H,1-2H3,(H,20,21). The van der Waals surface area contributed by atoms with Crippen molar-refractivity contribution in [2.45, 2.75) is 0 Å². The van der Waals surface area contributed by atoms with Crippen LogP contribution in [0.3, 0.4) is 0 Å². The van der Waals surface area contributed by atoms with Crippen LogP contribution in [0.15, 0.2) is 53.3 Å². The van der Waals surface area contributed by atoms with E-state index in [1.807, 2.05) is 36.4 Å². The number of benzene rings is 3. The second-order valence-electron chi connectivity index (χ2n) is 5.42. The number of ether oxygens (including phenoxy) is 2. The molecule has 4 heteroatoms. The first kappa shape index (κ1) is 13.6. The van der Waals surface area contributed by atoms with Crippen molar-refractivity contribution in [3.05, 3.63) is 58.9 Å². The normalized spacial score (nSPS) is 11.2. The maximum atomic E-state index is 12.6. The zero-order valence-electron chi connectivity index (χ0n) is 12.8. The number of nitrogens with one attached hydrogen (secondary N) is 1. The second kappa shape index (κ2) is 5.02. The van der Waals surface area contributed by atoms with Crippen LogP contribution in [-0.4, -0.2) is 19.2 Å². The minimum Gasteiger partial charge on any atom is -0.493 e. The van der Waals surface area contributed by atoms with E-state index in [2.05, 4.69) is 11.1 Å². The molecule has 114 valence electrons. The number of methoxy groups -OCH3 is 2. The number of hydrogen-bond donors (Lipinski definition) is 1. The third-order valence-electron chi connectivity index (χ3n) is 4.23. The molecule has 0 fully saturated rings. The maximum absolute atomic E-state index is 12.6. The summed E-state index contributed by atoms with van der Waals surface area (Å²) < 4.78 is 10.7. The second-order valence-corrected chi connectivity index (χ2v) is 5.42. The minimum atomic E-state index is -0.134. The Bertz CT molecular complexity index is 1110. The summed E-state index contributed by atoms with van der Waals surface area (Å²) in [6.07, 6.45) is 0. The average molecular weight is 305 g/mol. The van der Waals surface area contributed by atoms with Gasteiger partial charge in [0, 0.05) is 16.2 Å². The van der Waals surface area contributed by atoms with Gasteiger partial charge < -0.3 is 14.5 Å². The number of H-pyrrole nitrogens is 1. The van der Waals surface area contributed by atoms with Crippen molar-refractivity contribution >= 4 is 32.4 Å². The summed E-state index contributed by atoms with van der Waals surface area (Å²) in [5, 5.41) is 4.55. The van der Waals surface area contributed by atoms with Gasteiger partial charge in [-0.3, -0.25) is 4.79 Å². The molecule has 0 saturated heterocycles. The van der Waals surface area contributed by atoms with Crippen molar-refractivity contribution in [3.8, 4) is 11.5 Å². The lowest BCUT2D eigenvalue weighted by Gasteiger charge is -2.11. The molecule has 1 N–H and O–H groups in total. The molecule has 0 aliphatic heterocycles. The van der Waals surface area contributed by atoms with Gasteiger partial charge in [-0.15, -0.1) is 0 Å². The lowest BCUT2D eigenvalue weighted by atomic mass is 10.0. The Balaban J connectivity index is 2.24. The van der Waals surface area contributed by atoms with E-state index in [-0.39, 0.29) is 5.56 Å². The summed E-state index contributed by atoms with van der Waals surface area (Å²) in [5.74, 6) is 1.16. The van der Waals surface area contributed by atoms with Crippen LogP contribution in [0.4, 0.5) is 0 Å². The van der Waals surface area contributed by atoms with Crippen LogP contribution < -0.4 is 15.0 Å². The average Bonchev–Trinajstić information content (AvgIpc) is 2.60. The third kappa shape index (κ3) is 1.95. The van der Waals surface area contributed by atoms with Crippen LogP contribution >= 0.6 is 0 Å². The van der Waals surface area contributed by atoms with Gasteiger partial charge in [-0.2, -0.15) is 0 Å². The van der Waals surface area contributed by atoms with Gasteiger partial charge in [0.05, 0.1) is 25.1 Å². The van der Waals surface area contributed by atoms with E-state index in [1.54, 1.807) is 20.3 Å². The van der Waals surface area contributed by atoms with Crippen LogP contribution in [0, 0.1) is 0 Å². The fourth-order valence-corrected chi connectivity index (χ4v) is 3.10. The zero-order chi connectivity index (χ0) is 16.0. The highest BCUT2D eigenvalue weighted by molar-refractivity contribution is 6.15. The van der Waals surface area contributed by atoms with Gasteiger partial charge in [0.1, 0.15) is 0 Å². The summed E-state index contributed by atoms with van der Waals surface area (Å²) in [7, 11) is 3.15. The predicted molar refractivity (Wildman–Crippen MR) is 92.7 cm³/mol. The number of pyridine rings is 1. The topological polar surface area (TPSA) is 51.3 Å². The van der Waals surface area contributed by atoms with Crippen LogP contribution in [0.5, 0.6) is 11.5 Å². The van der Waals surface area contributed by atoms with Crippen molar-refractivity contribution in [2.75, 3.05) is 14.2 Å². The van der Waals surface area contributed by atoms with Crippen molar-refractivity contribution in [1.82, 2.24) is 4.98 Å². The Hall–Kier alpha value is -3.01. The quantitative estimate of drug-likeness (QED) is 0.572. The van der Waals surface area contributed by atoms with Crippen LogP contribution in [0.2, 0.25) is 0 Å². The molecular formula is C19H15NO3. The Morgan fingerprint density at radius 3 is 2.22 bits per heavy atom. The van der Waals surface area contributed by atoms with Gasteiger partial charge in [0.15, 0.2) is 11.5 Å². The van der Waals surface area contributed by atoms with E-state index >= 15 is 0 Å². The van der Waals surface area contributed by atoms with Gasteiger partial charge in [-0.05, 0) is 17.5 Å². The largest absolute Gasteiger partial charge is 0.493 e. The SMILES string of the molecule is COc1cc2c(=O)[nH]c3c4ccccc4ccc3c2cc1OC. The highest BCUT2D eigenvalue weighted by atomic mass is 16.5. The van der Waals surface area contributed by atoms with Crippen molar-refractivity contribution in [1.29, 1.82) is 0 Å². The summed E-state index contributed by atoms with van der Waals surface area (Å²) >= 11 is 0. The smallest absolute Gasteiger partial charge is 0.256 e. The molecule has 4 aromatic rings. The molecule has 0 amide bonds. The molecule has 0 radical (unpaired) electrons. The van der Waals surface area contributed by atoms with Gasteiger partial charge in [0.2, 0.25) is 0 Å². The van der Waals surface area contributed by atoms with Crippen LogP contribution in [-0.2, 0) is 0 Å². The molecule has 0 aliphatic rings. The molecule has 0 unspecified atom stereocenters. The zero-order valence-corrected chi connectivity index (χ0v) is 12.8. The van der Waals surface area contributed by atoms with E-state index in [0.717, 1.165) is 27.1 Å². The molecule has 4 nitrogen and oxygen atoms in total. The molecule has 1 heterocycles. The molecule has 0 saturated carbocycles.